The molecule has 1 amide bonds. The van der Waals surface area contributed by atoms with Crippen molar-refractivity contribution in [2.45, 2.75) is 37.6 Å². The summed E-state index contributed by atoms with van der Waals surface area (Å²) in [6.07, 6.45) is 0.701. The summed E-state index contributed by atoms with van der Waals surface area (Å²) >= 11 is 5.80. The number of nitrogens with one attached hydrogen (secondary N) is 1. The summed E-state index contributed by atoms with van der Waals surface area (Å²) in [6.45, 7) is 5.57. The number of nitrogen functional groups attached to an aromatic ring is 1. The minimum Gasteiger partial charge on any atom is -0.398 e. The van der Waals surface area contributed by atoms with Crippen LogP contribution < -0.4 is 11.1 Å². The van der Waals surface area contributed by atoms with Crippen LogP contribution in [0.25, 0.3) is 0 Å². The van der Waals surface area contributed by atoms with Gasteiger partial charge in [0, 0.05) is 5.54 Å². The lowest BCUT2D eigenvalue weighted by Crippen LogP contribution is -2.45. The van der Waals surface area contributed by atoms with E-state index < -0.39 is 27.0 Å². The van der Waals surface area contributed by atoms with Crippen molar-refractivity contribution >= 4 is 33.0 Å². The Balaban J connectivity index is 2.90. The Morgan fingerprint density at radius 2 is 2.00 bits per heavy atom. The first kappa shape index (κ1) is 16.8. The summed E-state index contributed by atoms with van der Waals surface area (Å²) in [5.74, 6) is -1.15. The van der Waals surface area contributed by atoms with E-state index in [1.807, 2.05) is 20.8 Å². The molecule has 0 unspecified atom stereocenters. The molecule has 0 aliphatic heterocycles. The minimum atomic E-state index is -3.73. The Kier molecular flexibility index (Phi) is 5.05. The van der Waals surface area contributed by atoms with Gasteiger partial charge in [0.25, 0.3) is 0 Å². The Morgan fingerprint density at radius 1 is 1.40 bits per heavy atom. The lowest BCUT2D eigenvalue weighted by Gasteiger charge is -2.24. The molecule has 0 heterocycles. The summed E-state index contributed by atoms with van der Waals surface area (Å²) in [6, 6.07) is 4.00. The molecule has 3 N–H and O–H groups in total. The van der Waals surface area contributed by atoms with Gasteiger partial charge in [-0.25, -0.2) is 8.42 Å². The fourth-order valence-corrected chi connectivity index (χ4v) is 2.86. The molecule has 0 radical (unpaired) electrons. The molecule has 112 valence electrons. The molecule has 20 heavy (non-hydrogen) atoms. The standard InChI is InChI=1S/C13H19ClN2O3S/c1-4-13(2,3)16-12(17)8-20(18,19)9-5-6-11(15)10(14)7-9/h5-7H,4,8,15H2,1-3H3,(H,16,17). The number of amides is 1. The van der Waals surface area contributed by atoms with E-state index in [4.69, 9.17) is 17.3 Å². The van der Waals surface area contributed by atoms with Gasteiger partial charge in [0.05, 0.1) is 15.6 Å². The molecular weight excluding hydrogens is 300 g/mol. The predicted molar refractivity (Wildman–Crippen MR) is 80.4 cm³/mol. The molecule has 0 fully saturated rings. The number of hydrogen-bond acceptors (Lipinski definition) is 4. The van der Waals surface area contributed by atoms with Crippen molar-refractivity contribution in [1.82, 2.24) is 5.32 Å². The first-order valence-corrected chi connectivity index (χ1v) is 8.19. The van der Waals surface area contributed by atoms with Crippen LogP contribution in [0.5, 0.6) is 0 Å². The van der Waals surface area contributed by atoms with Gasteiger partial charge in [-0.1, -0.05) is 18.5 Å². The van der Waals surface area contributed by atoms with Crippen LogP contribution in [-0.4, -0.2) is 25.6 Å². The van der Waals surface area contributed by atoms with Gasteiger partial charge in [-0.15, -0.1) is 0 Å². The number of benzene rings is 1. The van der Waals surface area contributed by atoms with Gasteiger partial charge in [-0.05, 0) is 38.5 Å². The average Bonchev–Trinajstić information content (AvgIpc) is 2.31. The summed E-state index contributed by atoms with van der Waals surface area (Å²) in [5.41, 5.74) is 5.38. The third-order valence-corrected chi connectivity index (χ3v) is 4.96. The molecular formula is C13H19ClN2O3S. The van der Waals surface area contributed by atoms with E-state index in [0.717, 1.165) is 0 Å². The predicted octanol–water partition coefficient (Wildman–Crippen LogP) is 2.00. The van der Waals surface area contributed by atoms with Gasteiger partial charge in [-0.3, -0.25) is 4.79 Å². The number of halogens is 1. The maximum Gasteiger partial charge on any atom is 0.235 e. The smallest absolute Gasteiger partial charge is 0.235 e. The third kappa shape index (κ3) is 4.38. The Hall–Kier alpha value is -1.27. The number of hydrogen-bond donors (Lipinski definition) is 2. The van der Waals surface area contributed by atoms with E-state index in [0.29, 0.717) is 12.1 Å². The number of carbonyl (C=O) groups is 1. The first-order valence-electron chi connectivity index (χ1n) is 6.16. The van der Waals surface area contributed by atoms with Crippen LogP contribution in [0.3, 0.4) is 0 Å². The van der Waals surface area contributed by atoms with Gasteiger partial charge in [0.15, 0.2) is 9.84 Å². The first-order chi connectivity index (χ1) is 9.07. The van der Waals surface area contributed by atoms with Crippen LogP contribution >= 0.6 is 11.6 Å². The molecule has 0 saturated heterocycles. The van der Waals surface area contributed by atoms with E-state index in [1.54, 1.807) is 0 Å². The monoisotopic (exact) mass is 318 g/mol. The summed E-state index contributed by atoms with van der Waals surface area (Å²) in [7, 11) is -3.73. The number of rotatable bonds is 5. The molecule has 0 aromatic heterocycles. The molecule has 0 saturated carbocycles. The molecule has 0 aliphatic carbocycles. The fraction of sp³-hybridized carbons (Fsp3) is 0.462. The number of sulfone groups is 1. The lowest BCUT2D eigenvalue weighted by atomic mass is 10.0. The molecule has 1 aromatic carbocycles. The van der Waals surface area contributed by atoms with Crippen molar-refractivity contribution < 1.29 is 13.2 Å². The van der Waals surface area contributed by atoms with Crippen molar-refractivity contribution in [3.05, 3.63) is 23.2 Å². The summed E-state index contributed by atoms with van der Waals surface area (Å²) in [4.78, 5) is 11.8. The highest BCUT2D eigenvalue weighted by Crippen LogP contribution is 2.23. The van der Waals surface area contributed by atoms with E-state index in [2.05, 4.69) is 5.32 Å². The fourth-order valence-electron chi connectivity index (χ4n) is 1.46. The number of nitrogens with two attached hydrogens (primary N) is 1. The Bertz CT molecular complexity index is 612. The highest BCUT2D eigenvalue weighted by atomic mass is 35.5. The molecule has 1 rings (SSSR count). The normalized spacial score (nSPS) is 12.2. The molecule has 5 nitrogen and oxygen atoms in total. The Labute approximate surface area is 124 Å². The van der Waals surface area contributed by atoms with Crippen LogP contribution in [0.15, 0.2) is 23.1 Å². The third-order valence-electron chi connectivity index (χ3n) is 3.01. The second kappa shape index (κ2) is 6.01. The van der Waals surface area contributed by atoms with Crippen LogP contribution in [0.2, 0.25) is 5.02 Å². The maximum absolute atomic E-state index is 12.1. The van der Waals surface area contributed by atoms with E-state index in [-0.39, 0.29) is 9.92 Å². The second-order valence-corrected chi connectivity index (χ2v) is 7.62. The number of anilines is 1. The SMILES string of the molecule is CCC(C)(C)NC(=O)CS(=O)(=O)c1ccc(N)c(Cl)c1. The van der Waals surface area contributed by atoms with Gasteiger partial charge in [0.2, 0.25) is 5.91 Å². The quantitative estimate of drug-likeness (QED) is 0.813. The maximum atomic E-state index is 12.1. The molecule has 0 bridgehead atoms. The summed E-state index contributed by atoms with van der Waals surface area (Å²) < 4.78 is 24.2. The van der Waals surface area contributed by atoms with Crippen molar-refractivity contribution in [3.8, 4) is 0 Å². The van der Waals surface area contributed by atoms with E-state index in [1.165, 1.54) is 18.2 Å². The highest BCUT2D eigenvalue weighted by Gasteiger charge is 2.24. The lowest BCUT2D eigenvalue weighted by molar-refractivity contribution is -0.120. The van der Waals surface area contributed by atoms with E-state index >= 15 is 0 Å². The zero-order valence-corrected chi connectivity index (χ0v) is 13.3. The highest BCUT2D eigenvalue weighted by molar-refractivity contribution is 7.92. The molecule has 0 atom stereocenters. The van der Waals surface area contributed by atoms with Crippen molar-refractivity contribution in [2.75, 3.05) is 11.5 Å². The van der Waals surface area contributed by atoms with Crippen LogP contribution in [0.1, 0.15) is 27.2 Å². The number of carbonyl (C=O) groups excluding carboxylic acids is 1. The molecule has 0 aliphatic rings. The van der Waals surface area contributed by atoms with Crippen LogP contribution in [0, 0.1) is 0 Å². The van der Waals surface area contributed by atoms with Crippen molar-refractivity contribution in [2.24, 2.45) is 0 Å². The molecule has 0 spiro atoms. The Morgan fingerprint density at radius 3 is 2.50 bits per heavy atom. The van der Waals surface area contributed by atoms with E-state index in [9.17, 15) is 13.2 Å². The summed E-state index contributed by atoms with van der Waals surface area (Å²) in [5, 5.41) is 2.84. The van der Waals surface area contributed by atoms with Crippen molar-refractivity contribution in [3.63, 3.8) is 0 Å². The van der Waals surface area contributed by atoms with Crippen LogP contribution in [0.4, 0.5) is 5.69 Å². The van der Waals surface area contributed by atoms with Gasteiger partial charge < -0.3 is 11.1 Å². The van der Waals surface area contributed by atoms with Gasteiger partial charge in [-0.2, -0.15) is 0 Å². The largest absolute Gasteiger partial charge is 0.398 e. The zero-order valence-electron chi connectivity index (χ0n) is 11.7. The van der Waals surface area contributed by atoms with Crippen LogP contribution in [-0.2, 0) is 14.6 Å². The van der Waals surface area contributed by atoms with Gasteiger partial charge in [0.1, 0.15) is 5.75 Å². The molecule has 1 aromatic rings. The topological polar surface area (TPSA) is 89.3 Å². The molecule has 7 heteroatoms. The second-order valence-electron chi connectivity index (χ2n) is 5.23. The van der Waals surface area contributed by atoms with Crippen molar-refractivity contribution in [1.29, 1.82) is 0 Å². The van der Waals surface area contributed by atoms with Gasteiger partial charge >= 0.3 is 0 Å². The zero-order chi connectivity index (χ0) is 15.6. The average molecular weight is 319 g/mol. The minimum absolute atomic E-state index is 0.0128.